The van der Waals surface area contributed by atoms with Gasteiger partial charge in [-0.05, 0) is 59.9 Å². The van der Waals surface area contributed by atoms with Crippen molar-refractivity contribution in [1.82, 2.24) is 9.97 Å². The summed E-state index contributed by atoms with van der Waals surface area (Å²) in [4.78, 5) is 22.0. The molecule has 0 unspecified atom stereocenters. The molecule has 0 amide bonds. The number of nitrogens with zero attached hydrogens (tertiary/aromatic N) is 2. The number of phenols is 1. The van der Waals surface area contributed by atoms with Gasteiger partial charge in [0.25, 0.3) is 0 Å². The molecule has 2 aromatic carbocycles. The van der Waals surface area contributed by atoms with Crippen molar-refractivity contribution in [1.29, 1.82) is 0 Å². The minimum atomic E-state index is -0.156. The fourth-order valence-corrected chi connectivity index (χ4v) is 4.23. The molecule has 1 aliphatic rings. The Bertz CT molecular complexity index is 1360. The molecule has 0 saturated heterocycles. The highest BCUT2D eigenvalue weighted by molar-refractivity contribution is 6.37. The van der Waals surface area contributed by atoms with Gasteiger partial charge in [-0.15, -0.1) is 0 Å². The molecular weight excluding hydrogens is 459 g/mol. The number of phenolic OH excluding ortho intramolecular Hbond substituents is 1. The van der Waals surface area contributed by atoms with E-state index in [-0.39, 0.29) is 27.5 Å². The highest BCUT2D eigenvalue weighted by atomic mass is 35.5. The number of nitrogens with one attached hydrogen (secondary N) is 1. The van der Waals surface area contributed by atoms with Gasteiger partial charge in [-0.2, -0.15) is 0 Å². The second kappa shape index (κ2) is 8.63. The fraction of sp³-hybridized carbons (Fsp3) is 0.160. The van der Waals surface area contributed by atoms with Gasteiger partial charge in [0.15, 0.2) is 11.5 Å². The van der Waals surface area contributed by atoms with Crippen LogP contribution in [-0.4, -0.2) is 20.9 Å². The average molecular weight is 479 g/mol. The highest BCUT2D eigenvalue weighted by Gasteiger charge is 2.32. The van der Waals surface area contributed by atoms with Crippen molar-refractivity contribution < 1.29 is 9.90 Å². The number of fused-ring (bicyclic) bond motifs is 1. The van der Waals surface area contributed by atoms with Gasteiger partial charge in [-0.25, -0.2) is 4.98 Å². The first-order chi connectivity index (χ1) is 15.9. The van der Waals surface area contributed by atoms with E-state index in [2.05, 4.69) is 15.3 Å². The molecule has 166 valence electrons. The lowest BCUT2D eigenvalue weighted by molar-refractivity contribution is 0.0968. The first-order valence-corrected chi connectivity index (χ1v) is 11.3. The van der Waals surface area contributed by atoms with Gasteiger partial charge < -0.3 is 16.2 Å². The van der Waals surface area contributed by atoms with Crippen LogP contribution in [0, 0.1) is 5.92 Å². The van der Waals surface area contributed by atoms with Crippen LogP contribution in [0.5, 0.6) is 5.75 Å². The Morgan fingerprint density at radius 2 is 1.79 bits per heavy atom. The van der Waals surface area contributed by atoms with E-state index in [0.717, 1.165) is 40.4 Å². The third-order valence-corrected chi connectivity index (χ3v) is 6.32. The van der Waals surface area contributed by atoms with Gasteiger partial charge in [-0.3, -0.25) is 9.78 Å². The quantitative estimate of drug-likeness (QED) is 0.289. The predicted molar refractivity (Wildman–Crippen MR) is 131 cm³/mol. The largest absolute Gasteiger partial charge is 0.505 e. The van der Waals surface area contributed by atoms with Crippen LogP contribution in [0.25, 0.3) is 22.0 Å². The van der Waals surface area contributed by atoms with Crippen LogP contribution in [0.4, 0.5) is 11.5 Å². The van der Waals surface area contributed by atoms with Crippen molar-refractivity contribution in [2.45, 2.75) is 19.4 Å². The van der Waals surface area contributed by atoms with Gasteiger partial charge in [0, 0.05) is 30.2 Å². The molecule has 0 atom stereocenters. The number of benzene rings is 2. The zero-order valence-corrected chi connectivity index (χ0v) is 19.0. The Morgan fingerprint density at radius 1 is 1.03 bits per heavy atom. The summed E-state index contributed by atoms with van der Waals surface area (Å²) in [6, 6.07) is 12.7. The molecule has 2 heterocycles. The Morgan fingerprint density at radius 3 is 2.42 bits per heavy atom. The van der Waals surface area contributed by atoms with Gasteiger partial charge in [0.05, 0.1) is 26.8 Å². The summed E-state index contributed by atoms with van der Waals surface area (Å²) < 4.78 is 0. The number of halogens is 2. The number of nitrogens with two attached hydrogens (primary N) is 1. The Balaban J connectivity index is 1.67. The minimum absolute atomic E-state index is 0.0373. The summed E-state index contributed by atoms with van der Waals surface area (Å²) in [5.41, 5.74) is 10.1. The van der Waals surface area contributed by atoms with Crippen molar-refractivity contribution in [2.75, 3.05) is 5.32 Å². The van der Waals surface area contributed by atoms with Crippen LogP contribution >= 0.6 is 23.2 Å². The fourth-order valence-electron chi connectivity index (χ4n) is 3.74. The monoisotopic (exact) mass is 478 g/mol. The third kappa shape index (κ3) is 4.25. The molecule has 6 nitrogen and oxygen atoms in total. The average Bonchev–Trinajstić information content (AvgIpc) is 3.68. The second-order valence-electron chi connectivity index (χ2n) is 8.09. The van der Waals surface area contributed by atoms with E-state index < -0.39 is 0 Å². The first-order valence-electron chi connectivity index (χ1n) is 10.5. The van der Waals surface area contributed by atoms with E-state index in [4.69, 9.17) is 28.9 Å². The molecule has 0 aliphatic heterocycles. The maximum atomic E-state index is 13.1. The molecule has 1 saturated carbocycles. The summed E-state index contributed by atoms with van der Waals surface area (Å²) in [5, 5.41) is 14.3. The number of anilines is 2. The number of rotatable bonds is 6. The van der Waals surface area contributed by atoms with Crippen molar-refractivity contribution in [3.8, 4) is 16.9 Å². The Labute approximate surface area is 200 Å². The Kier molecular flexibility index (Phi) is 5.66. The predicted octanol–water partition coefficient (Wildman–Crippen LogP) is 6.10. The van der Waals surface area contributed by atoms with Crippen LogP contribution in [0.2, 0.25) is 10.0 Å². The van der Waals surface area contributed by atoms with E-state index >= 15 is 0 Å². The number of carbonyl (C=O) groups excluding carboxylic acids is 1. The van der Waals surface area contributed by atoms with Crippen LogP contribution in [0.3, 0.4) is 0 Å². The molecule has 4 N–H and O–H groups in total. The molecule has 8 heteroatoms. The number of aromatic hydroxyl groups is 1. The number of hydrogen-bond donors (Lipinski definition) is 3. The lowest BCUT2D eigenvalue weighted by Gasteiger charge is -2.15. The smallest absolute Gasteiger partial charge is 0.169 e. The summed E-state index contributed by atoms with van der Waals surface area (Å²) in [7, 11) is 0. The third-order valence-electron chi connectivity index (χ3n) is 5.75. The number of ketones is 1. The molecule has 5 rings (SSSR count). The van der Waals surface area contributed by atoms with Crippen LogP contribution in [-0.2, 0) is 6.54 Å². The molecular formula is C25H20Cl2N4O2. The van der Waals surface area contributed by atoms with E-state index in [1.165, 1.54) is 0 Å². The number of Topliss-reactive ketones (excluding diaryl/α,β-unsaturated/α-hetero) is 1. The summed E-state index contributed by atoms with van der Waals surface area (Å²) in [5.74, 6) is 0.559. The van der Waals surface area contributed by atoms with E-state index in [1.54, 1.807) is 24.5 Å². The summed E-state index contributed by atoms with van der Waals surface area (Å²) >= 11 is 12.3. The first kappa shape index (κ1) is 21.6. The summed E-state index contributed by atoms with van der Waals surface area (Å²) in [6.45, 7) is 0.401. The number of hydrogen-bond acceptors (Lipinski definition) is 6. The van der Waals surface area contributed by atoms with E-state index in [1.807, 2.05) is 30.3 Å². The maximum Gasteiger partial charge on any atom is 0.169 e. The topological polar surface area (TPSA) is 101 Å². The number of aromatic nitrogens is 2. The second-order valence-corrected chi connectivity index (χ2v) is 8.90. The molecule has 0 bridgehead atoms. The van der Waals surface area contributed by atoms with Gasteiger partial charge in [-0.1, -0.05) is 35.3 Å². The zero-order valence-electron chi connectivity index (χ0n) is 17.5. The van der Waals surface area contributed by atoms with Crippen molar-refractivity contribution in [3.63, 3.8) is 0 Å². The maximum absolute atomic E-state index is 13.1. The van der Waals surface area contributed by atoms with Crippen LogP contribution < -0.4 is 11.1 Å². The molecule has 4 aromatic rings. The van der Waals surface area contributed by atoms with Crippen molar-refractivity contribution in [2.24, 2.45) is 11.7 Å². The van der Waals surface area contributed by atoms with Crippen LogP contribution in [0.15, 0.2) is 54.9 Å². The standard InChI is InChI=1S/C25H20Cl2N4O2/c26-19-8-16(9-20(27)25(19)33)15-4-5-21-17(7-15)23(18(12-29-21)24(32)14-2-3-14)31-22-6-1-13(10-28)11-30-22/h1,4-9,11-12,14,33H,2-3,10,28H2,(H,29,30,31). The minimum Gasteiger partial charge on any atom is -0.505 e. The molecule has 2 aromatic heterocycles. The normalized spacial score (nSPS) is 13.3. The molecule has 1 aliphatic carbocycles. The summed E-state index contributed by atoms with van der Waals surface area (Å²) in [6.07, 6.45) is 5.13. The van der Waals surface area contributed by atoms with E-state index in [0.29, 0.717) is 23.6 Å². The number of carbonyl (C=O) groups is 1. The zero-order chi connectivity index (χ0) is 23.1. The molecule has 33 heavy (non-hydrogen) atoms. The SMILES string of the molecule is NCc1ccc(Nc2c(C(=O)C3CC3)cnc3ccc(-c4cc(Cl)c(O)c(Cl)c4)cc23)nc1. The van der Waals surface area contributed by atoms with Crippen LogP contribution in [0.1, 0.15) is 28.8 Å². The van der Waals surface area contributed by atoms with Gasteiger partial charge >= 0.3 is 0 Å². The van der Waals surface area contributed by atoms with Crippen molar-refractivity contribution >= 4 is 51.4 Å². The molecule has 0 spiro atoms. The van der Waals surface area contributed by atoms with Gasteiger partial charge in [0.1, 0.15) is 5.82 Å². The molecule has 1 fully saturated rings. The van der Waals surface area contributed by atoms with Crippen molar-refractivity contribution in [3.05, 3.63) is 76.0 Å². The van der Waals surface area contributed by atoms with Gasteiger partial charge in [0.2, 0.25) is 0 Å². The molecule has 0 radical (unpaired) electrons. The number of pyridine rings is 2. The van der Waals surface area contributed by atoms with E-state index in [9.17, 15) is 9.90 Å². The highest BCUT2D eigenvalue weighted by Crippen LogP contribution is 2.40. The lowest BCUT2D eigenvalue weighted by atomic mass is 9.99. The Hall–Kier alpha value is -3.19. The lowest BCUT2D eigenvalue weighted by Crippen LogP contribution is -2.08.